The topological polar surface area (TPSA) is 86.9 Å². The molecular weight excluding hydrogens is 336 g/mol. The Hall–Kier alpha value is -3.59. The normalized spacial score (nSPS) is 12.1. The Labute approximate surface area is 158 Å². The van der Waals surface area contributed by atoms with Crippen LogP contribution in [-0.4, -0.2) is 20.8 Å². The Morgan fingerprint density at radius 3 is 2.78 bits per heavy atom. The van der Waals surface area contributed by atoms with Crippen molar-refractivity contribution in [2.75, 3.05) is 5.32 Å². The molecule has 1 N–H and O–H groups in total. The van der Waals surface area contributed by atoms with Crippen LogP contribution in [0, 0.1) is 18.3 Å². The Kier molecular flexibility index (Phi) is 5.53. The molecule has 0 aliphatic carbocycles. The summed E-state index contributed by atoms with van der Waals surface area (Å²) in [4.78, 5) is 17.5. The number of pyridine rings is 3. The van der Waals surface area contributed by atoms with E-state index in [1.165, 1.54) is 0 Å². The fourth-order valence-electron chi connectivity index (χ4n) is 2.58. The smallest absolute Gasteiger partial charge is 0.131 e. The first kappa shape index (κ1) is 18.2. The van der Waals surface area contributed by atoms with Crippen LogP contribution in [0.15, 0.2) is 59.8 Å². The third-order valence-electron chi connectivity index (χ3n) is 4.06. The van der Waals surface area contributed by atoms with Crippen LogP contribution in [0.25, 0.3) is 22.0 Å². The van der Waals surface area contributed by atoms with E-state index >= 15 is 0 Å². The number of hydrogen-bond acceptors (Lipinski definition) is 5. The number of allylic oxidation sites excluding steroid dienone is 1. The van der Waals surface area contributed by atoms with Crippen molar-refractivity contribution in [3.63, 3.8) is 0 Å². The maximum Gasteiger partial charge on any atom is 0.131 e. The lowest BCUT2D eigenvalue weighted by molar-refractivity contribution is 1.19. The van der Waals surface area contributed by atoms with E-state index in [0.717, 1.165) is 33.2 Å². The number of nitrogens with zero attached hydrogens (tertiary/aromatic N) is 5. The second-order valence-corrected chi connectivity index (χ2v) is 6.33. The fraction of sp³-hybridized carbons (Fsp3) is 0.190. The van der Waals surface area contributed by atoms with Crippen LogP contribution in [0.3, 0.4) is 0 Å². The van der Waals surface area contributed by atoms with Crippen LogP contribution in [0.5, 0.6) is 0 Å². The van der Waals surface area contributed by atoms with Crippen molar-refractivity contribution in [3.8, 4) is 17.3 Å². The van der Waals surface area contributed by atoms with E-state index in [1.807, 2.05) is 51.4 Å². The molecule has 0 atom stereocenters. The highest BCUT2D eigenvalue weighted by molar-refractivity contribution is 5.95. The first-order chi connectivity index (χ1) is 13.1. The van der Waals surface area contributed by atoms with Crippen molar-refractivity contribution >= 4 is 22.4 Å². The molecule has 0 aromatic carbocycles. The number of anilines is 1. The number of rotatable bonds is 4. The summed E-state index contributed by atoms with van der Waals surface area (Å²) in [5.41, 5.74) is 3.94. The molecule has 0 aliphatic rings. The van der Waals surface area contributed by atoms with E-state index in [-0.39, 0.29) is 0 Å². The monoisotopic (exact) mass is 356 g/mol. The van der Waals surface area contributed by atoms with E-state index < -0.39 is 0 Å². The number of hydrogen-bond donors (Lipinski definition) is 1. The van der Waals surface area contributed by atoms with Crippen molar-refractivity contribution in [1.82, 2.24) is 15.0 Å². The maximum atomic E-state index is 8.69. The van der Waals surface area contributed by atoms with Crippen LogP contribution in [0.4, 0.5) is 5.82 Å². The number of nitriles is 1. The van der Waals surface area contributed by atoms with Crippen LogP contribution in [0.1, 0.15) is 25.8 Å². The molecule has 0 saturated carbocycles. The summed E-state index contributed by atoms with van der Waals surface area (Å²) in [6.45, 7) is 5.78. The van der Waals surface area contributed by atoms with Gasteiger partial charge in [0.05, 0.1) is 18.2 Å². The van der Waals surface area contributed by atoms with E-state index in [2.05, 4.69) is 31.3 Å². The Morgan fingerprint density at radius 1 is 1.19 bits per heavy atom. The molecule has 0 radical (unpaired) electrons. The number of aromatic nitrogens is 3. The van der Waals surface area contributed by atoms with Gasteiger partial charge in [0.2, 0.25) is 0 Å². The lowest BCUT2D eigenvalue weighted by Gasteiger charge is -2.08. The molecule has 0 spiro atoms. The number of nitrogens with one attached hydrogen (secondary N) is 1. The summed E-state index contributed by atoms with van der Waals surface area (Å²) in [5, 5.41) is 13.9. The van der Waals surface area contributed by atoms with Gasteiger partial charge in [0.1, 0.15) is 11.7 Å². The molecule has 3 rings (SSSR count). The van der Waals surface area contributed by atoms with Crippen LogP contribution in [-0.2, 0) is 0 Å². The Morgan fingerprint density at radius 2 is 2.00 bits per heavy atom. The lowest BCUT2D eigenvalue weighted by atomic mass is 10.1. The van der Waals surface area contributed by atoms with Crippen LogP contribution >= 0.6 is 0 Å². The minimum absolute atomic E-state index is 0.370. The first-order valence-corrected chi connectivity index (χ1v) is 8.57. The largest absolute Gasteiger partial charge is 0.329 e. The second kappa shape index (κ2) is 8.19. The molecule has 0 fully saturated rings. The van der Waals surface area contributed by atoms with Gasteiger partial charge in [0.15, 0.2) is 0 Å². The summed E-state index contributed by atoms with van der Waals surface area (Å²) in [6, 6.07) is 8.08. The zero-order chi connectivity index (χ0) is 19.2. The minimum atomic E-state index is 0.370. The molecule has 0 saturated heterocycles. The number of aliphatic imine (C=N–C) groups is 1. The number of fused-ring (bicyclic) bond motifs is 1. The summed E-state index contributed by atoms with van der Waals surface area (Å²) in [7, 11) is 0. The summed E-state index contributed by atoms with van der Waals surface area (Å²) >= 11 is 0. The van der Waals surface area contributed by atoms with E-state index in [9.17, 15) is 0 Å². The third-order valence-corrected chi connectivity index (χ3v) is 4.06. The molecule has 0 aliphatic heterocycles. The zero-order valence-electron chi connectivity index (χ0n) is 15.6. The average Bonchev–Trinajstić information content (AvgIpc) is 2.66. The van der Waals surface area contributed by atoms with Crippen molar-refractivity contribution in [3.05, 3.63) is 60.3 Å². The van der Waals surface area contributed by atoms with Crippen molar-refractivity contribution in [1.29, 1.82) is 5.26 Å². The molecule has 0 bridgehead atoms. The molecule has 3 heterocycles. The lowest BCUT2D eigenvalue weighted by Crippen LogP contribution is -2.08. The molecule has 3 aromatic heterocycles. The minimum Gasteiger partial charge on any atom is -0.329 e. The van der Waals surface area contributed by atoms with Gasteiger partial charge in [0, 0.05) is 41.9 Å². The van der Waals surface area contributed by atoms with Gasteiger partial charge in [-0.25, -0.2) is 9.98 Å². The molecule has 6 heteroatoms. The average molecular weight is 356 g/mol. The maximum absolute atomic E-state index is 8.69. The first-order valence-electron chi connectivity index (χ1n) is 8.57. The van der Waals surface area contributed by atoms with E-state index in [1.54, 1.807) is 18.6 Å². The standard InChI is InChI=1S/C21H20N6/c1-14(4-6-22)10-24-16(3)27-21-9-17-8-20(25-11-18(17)12-26-21)19-13-23-7-5-15(19)2/h5,7-13H,4H2,1-3H3,(H,24,26,27)/b14-10+. The molecule has 6 nitrogen and oxygen atoms in total. The molecule has 134 valence electrons. The van der Waals surface area contributed by atoms with Crippen molar-refractivity contribution in [2.45, 2.75) is 27.2 Å². The van der Waals surface area contributed by atoms with Gasteiger partial charge in [-0.15, -0.1) is 0 Å². The van der Waals surface area contributed by atoms with Gasteiger partial charge < -0.3 is 5.32 Å². The van der Waals surface area contributed by atoms with Gasteiger partial charge in [-0.2, -0.15) is 5.26 Å². The highest BCUT2D eigenvalue weighted by Gasteiger charge is 2.06. The van der Waals surface area contributed by atoms with E-state index in [4.69, 9.17) is 5.26 Å². The summed E-state index contributed by atoms with van der Waals surface area (Å²) < 4.78 is 0. The zero-order valence-corrected chi connectivity index (χ0v) is 15.6. The van der Waals surface area contributed by atoms with Crippen LogP contribution in [0.2, 0.25) is 0 Å². The highest BCUT2D eigenvalue weighted by atomic mass is 15.0. The van der Waals surface area contributed by atoms with Gasteiger partial charge in [-0.3, -0.25) is 9.97 Å². The van der Waals surface area contributed by atoms with E-state index in [0.29, 0.717) is 18.1 Å². The van der Waals surface area contributed by atoms with Gasteiger partial charge in [-0.1, -0.05) is 0 Å². The second-order valence-electron chi connectivity index (χ2n) is 6.33. The predicted octanol–water partition coefficient (Wildman–Crippen LogP) is 4.65. The molecule has 3 aromatic rings. The molecular formula is C21H20N6. The predicted molar refractivity (Wildman–Crippen MR) is 108 cm³/mol. The Bertz CT molecular complexity index is 1080. The van der Waals surface area contributed by atoms with Crippen molar-refractivity contribution < 1.29 is 0 Å². The van der Waals surface area contributed by atoms with Crippen molar-refractivity contribution in [2.24, 2.45) is 4.99 Å². The SMILES string of the molecule is CC(=N/C=C(\C)CC#N)Nc1cc2cc(-c3cnccc3C)ncc2cn1. The number of aryl methyl sites for hydroxylation is 1. The molecule has 27 heavy (non-hydrogen) atoms. The van der Waals surface area contributed by atoms with Crippen LogP contribution < -0.4 is 5.32 Å². The fourth-order valence-corrected chi connectivity index (χ4v) is 2.58. The van der Waals surface area contributed by atoms with Gasteiger partial charge in [0.25, 0.3) is 0 Å². The Balaban J connectivity index is 1.88. The van der Waals surface area contributed by atoms with Gasteiger partial charge in [-0.05, 0) is 55.5 Å². The summed E-state index contributed by atoms with van der Waals surface area (Å²) in [6.07, 6.45) is 9.28. The third kappa shape index (κ3) is 4.53. The highest BCUT2D eigenvalue weighted by Crippen LogP contribution is 2.24. The molecule has 0 amide bonds. The summed E-state index contributed by atoms with van der Waals surface area (Å²) in [5.74, 6) is 1.41. The van der Waals surface area contributed by atoms with Gasteiger partial charge >= 0.3 is 0 Å². The number of amidine groups is 1. The quantitative estimate of drug-likeness (QED) is 0.543. The molecule has 0 unspecified atom stereocenters.